The van der Waals surface area contributed by atoms with Crippen LogP contribution in [0.15, 0.2) is 41.5 Å². The van der Waals surface area contributed by atoms with E-state index >= 15 is 0 Å². The smallest absolute Gasteiger partial charge is 0.333 e. The molecule has 1 aromatic carbocycles. The van der Waals surface area contributed by atoms with Gasteiger partial charge in [-0.15, -0.1) is 0 Å². The summed E-state index contributed by atoms with van der Waals surface area (Å²) in [5, 5.41) is 12.5. The SMILES string of the molecule is CN1CCCc2ncc(Nc3ncc4c(=N)n(-c5c(Cl)cccc5Cl)c(=O)[nH]c4n3)cc21. The van der Waals surface area contributed by atoms with E-state index in [1.807, 2.05) is 13.1 Å². The number of aromatic amines is 1. The van der Waals surface area contributed by atoms with E-state index in [1.165, 1.54) is 6.20 Å². The standard InChI is InChI=1S/C21H18Cl2N8O/c1-30-7-3-6-15-16(30)8-11(9-25-15)27-20-26-10-12-18(24)31(21(32)29-19(12)28-20)17-13(22)4-2-5-14(17)23/h2,4-5,8-10,24H,3,6-7H2,1H3,(H2,26,27,28,29,32). The highest BCUT2D eigenvalue weighted by Gasteiger charge is 2.17. The summed E-state index contributed by atoms with van der Waals surface area (Å²) in [5.74, 6) is 0.279. The van der Waals surface area contributed by atoms with E-state index in [0.717, 1.165) is 41.0 Å². The molecule has 0 atom stereocenters. The van der Waals surface area contributed by atoms with Gasteiger partial charge < -0.3 is 10.2 Å². The Labute approximate surface area is 192 Å². The Bertz CT molecular complexity index is 1460. The van der Waals surface area contributed by atoms with Crippen molar-refractivity contribution < 1.29 is 0 Å². The van der Waals surface area contributed by atoms with Crippen LogP contribution in [0.4, 0.5) is 17.3 Å². The molecule has 0 bridgehead atoms. The van der Waals surface area contributed by atoms with Crippen LogP contribution in [0, 0.1) is 5.41 Å². The predicted octanol–water partition coefficient (Wildman–Crippen LogP) is 3.42. The van der Waals surface area contributed by atoms with E-state index in [4.69, 9.17) is 28.6 Å². The molecule has 0 saturated carbocycles. The van der Waals surface area contributed by atoms with E-state index < -0.39 is 5.69 Å². The van der Waals surface area contributed by atoms with Gasteiger partial charge in [0.15, 0.2) is 5.65 Å². The van der Waals surface area contributed by atoms with Crippen molar-refractivity contribution in [1.29, 1.82) is 5.41 Å². The summed E-state index contributed by atoms with van der Waals surface area (Å²) in [6.07, 6.45) is 5.25. The van der Waals surface area contributed by atoms with Gasteiger partial charge in [-0.05, 0) is 31.0 Å². The van der Waals surface area contributed by atoms with Crippen LogP contribution in [-0.4, -0.2) is 38.1 Å². The van der Waals surface area contributed by atoms with Crippen molar-refractivity contribution in [3.8, 4) is 5.69 Å². The quantitative estimate of drug-likeness (QED) is 0.424. The van der Waals surface area contributed by atoms with Crippen LogP contribution in [0.5, 0.6) is 0 Å². The van der Waals surface area contributed by atoms with E-state index in [0.29, 0.717) is 5.39 Å². The number of H-pyrrole nitrogens is 1. The molecule has 32 heavy (non-hydrogen) atoms. The molecule has 0 spiro atoms. The molecule has 0 radical (unpaired) electrons. The molecule has 3 N–H and O–H groups in total. The number of nitrogens with zero attached hydrogens (tertiary/aromatic N) is 5. The summed E-state index contributed by atoms with van der Waals surface area (Å²) >= 11 is 12.5. The van der Waals surface area contributed by atoms with Crippen molar-refractivity contribution in [3.63, 3.8) is 0 Å². The lowest BCUT2D eigenvalue weighted by atomic mass is 10.1. The molecule has 3 aromatic heterocycles. The van der Waals surface area contributed by atoms with Crippen LogP contribution in [0.1, 0.15) is 12.1 Å². The number of pyridine rings is 1. The number of aromatic nitrogens is 5. The maximum atomic E-state index is 12.8. The van der Waals surface area contributed by atoms with Crippen LogP contribution in [-0.2, 0) is 6.42 Å². The first-order valence-corrected chi connectivity index (χ1v) is 10.7. The van der Waals surface area contributed by atoms with E-state index in [1.54, 1.807) is 24.4 Å². The third-order valence-electron chi connectivity index (χ3n) is 5.38. The van der Waals surface area contributed by atoms with Gasteiger partial charge >= 0.3 is 5.69 Å². The Morgan fingerprint density at radius 3 is 2.75 bits per heavy atom. The number of benzene rings is 1. The average Bonchev–Trinajstić information content (AvgIpc) is 2.76. The number of para-hydroxylation sites is 1. The fourth-order valence-corrected chi connectivity index (χ4v) is 4.38. The molecule has 1 aliphatic heterocycles. The van der Waals surface area contributed by atoms with Crippen molar-refractivity contribution in [1.82, 2.24) is 24.5 Å². The Kier molecular flexibility index (Phi) is 5.07. The first kappa shape index (κ1) is 20.5. The first-order valence-electron chi connectivity index (χ1n) is 9.90. The third-order valence-corrected chi connectivity index (χ3v) is 5.99. The Hall–Kier alpha value is -3.43. The van der Waals surface area contributed by atoms with Gasteiger partial charge in [0.05, 0.1) is 44.4 Å². The van der Waals surface area contributed by atoms with Crippen LogP contribution in [0.25, 0.3) is 16.7 Å². The molecule has 9 nitrogen and oxygen atoms in total. The molecule has 11 heteroatoms. The van der Waals surface area contributed by atoms with Gasteiger partial charge in [0, 0.05) is 19.8 Å². The fraction of sp³-hybridized carbons (Fsp3) is 0.190. The van der Waals surface area contributed by atoms with E-state index in [9.17, 15) is 4.79 Å². The zero-order valence-electron chi connectivity index (χ0n) is 17.0. The van der Waals surface area contributed by atoms with Gasteiger partial charge in [-0.1, -0.05) is 29.3 Å². The molecule has 5 rings (SSSR count). The van der Waals surface area contributed by atoms with Crippen molar-refractivity contribution >= 4 is 51.6 Å². The summed E-state index contributed by atoms with van der Waals surface area (Å²) in [6, 6.07) is 6.88. The number of rotatable bonds is 3. The van der Waals surface area contributed by atoms with E-state index in [2.05, 4.69) is 30.2 Å². The molecule has 4 aromatic rings. The largest absolute Gasteiger partial charge is 0.373 e. The summed E-state index contributed by atoms with van der Waals surface area (Å²) in [7, 11) is 2.04. The molecule has 0 unspecified atom stereocenters. The minimum atomic E-state index is -0.584. The number of nitrogens with one attached hydrogen (secondary N) is 3. The molecule has 162 valence electrons. The highest BCUT2D eigenvalue weighted by molar-refractivity contribution is 6.37. The van der Waals surface area contributed by atoms with Crippen LogP contribution in [0.2, 0.25) is 10.0 Å². The van der Waals surface area contributed by atoms with Gasteiger partial charge in [0.1, 0.15) is 5.49 Å². The molecule has 4 heterocycles. The minimum absolute atomic E-state index is 0.123. The Morgan fingerprint density at radius 2 is 1.97 bits per heavy atom. The molecular formula is C21H18Cl2N8O. The lowest BCUT2D eigenvalue weighted by Crippen LogP contribution is -2.34. The second-order valence-corrected chi connectivity index (χ2v) is 8.29. The monoisotopic (exact) mass is 468 g/mol. The van der Waals surface area contributed by atoms with Crippen LogP contribution in [0.3, 0.4) is 0 Å². The van der Waals surface area contributed by atoms with Gasteiger partial charge in [-0.2, -0.15) is 4.98 Å². The number of halogens is 2. The second kappa shape index (κ2) is 7.92. The zero-order chi connectivity index (χ0) is 22.4. The summed E-state index contributed by atoms with van der Waals surface area (Å²) in [5.41, 5.74) is 2.62. The van der Waals surface area contributed by atoms with Crippen LogP contribution >= 0.6 is 23.2 Å². The maximum absolute atomic E-state index is 12.8. The Balaban J connectivity index is 1.55. The summed E-state index contributed by atoms with van der Waals surface area (Å²) < 4.78 is 1.10. The lowest BCUT2D eigenvalue weighted by Gasteiger charge is -2.27. The second-order valence-electron chi connectivity index (χ2n) is 7.48. The number of hydrogen-bond donors (Lipinski definition) is 3. The molecule has 1 aliphatic rings. The van der Waals surface area contributed by atoms with E-state index in [-0.39, 0.29) is 32.8 Å². The van der Waals surface area contributed by atoms with Crippen LogP contribution < -0.4 is 21.4 Å². The van der Waals surface area contributed by atoms with Gasteiger partial charge in [-0.25, -0.2) is 14.3 Å². The lowest BCUT2D eigenvalue weighted by molar-refractivity contribution is 0.725. The highest BCUT2D eigenvalue weighted by Crippen LogP contribution is 2.28. The molecule has 0 amide bonds. The van der Waals surface area contributed by atoms with Crippen molar-refractivity contribution in [2.75, 3.05) is 23.8 Å². The van der Waals surface area contributed by atoms with Gasteiger partial charge in [0.25, 0.3) is 0 Å². The summed E-state index contributed by atoms with van der Waals surface area (Å²) in [4.78, 5) is 30.9. The number of fused-ring (bicyclic) bond motifs is 2. The van der Waals surface area contributed by atoms with Crippen molar-refractivity contribution in [2.24, 2.45) is 0 Å². The minimum Gasteiger partial charge on any atom is -0.373 e. The van der Waals surface area contributed by atoms with Crippen molar-refractivity contribution in [2.45, 2.75) is 12.8 Å². The van der Waals surface area contributed by atoms with Gasteiger partial charge in [0.2, 0.25) is 5.95 Å². The van der Waals surface area contributed by atoms with Gasteiger partial charge in [-0.3, -0.25) is 15.4 Å². The highest BCUT2D eigenvalue weighted by atomic mass is 35.5. The number of anilines is 3. The molecular weight excluding hydrogens is 451 g/mol. The maximum Gasteiger partial charge on any atom is 0.333 e. The average molecular weight is 469 g/mol. The fourth-order valence-electron chi connectivity index (χ4n) is 3.81. The predicted molar refractivity (Wildman–Crippen MR) is 124 cm³/mol. The molecule has 0 saturated heterocycles. The normalized spacial score (nSPS) is 13.3. The molecule has 0 fully saturated rings. The topological polar surface area (TPSA) is 116 Å². The zero-order valence-corrected chi connectivity index (χ0v) is 18.5. The number of hydrogen-bond acceptors (Lipinski definition) is 7. The van der Waals surface area contributed by atoms with Crippen molar-refractivity contribution in [3.05, 3.63) is 68.4 Å². The number of aryl methyl sites for hydroxylation is 1. The third kappa shape index (κ3) is 3.49. The summed E-state index contributed by atoms with van der Waals surface area (Å²) in [6.45, 7) is 0.980. The first-order chi connectivity index (χ1) is 15.4. The Morgan fingerprint density at radius 1 is 1.19 bits per heavy atom. The molecule has 0 aliphatic carbocycles.